The van der Waals surface area contributed by atoms with E-state index in [4.69, 9.17) is 9.47 Å². The van der Waals surface area contributed by atoms with Gasteiger partial charge in [0, 0.05) is 17.6 Å². The van der Waals surface area contributed by atoms with Crippen molar-refractivity contribution in [2.45, 2.75) is 18.9 Å². The van der Waals surface area contributed by atoms with Crippen molar-refractivity contribution in [3.05, 3.63) is 47.0 Å². The van der Waals surface area contributed by atoms with Crippen molar-refractivity contribution in [3.63, 3.8) is 0 Å². The van der Waals surface area contributed by atoms with Gasteiger partial charge < -0.3 is 9.47 Å². The van der Waals surface area contributed by atoms with Crippen molar-refractivity contribution >= 4 is 38.7 Å². The van der Waals surface area contributed by atoms with Crippen LogP contribution in [0.1, 0.15) is 39.6 Å². The number of imide groups is 1. The van der Waals surface area contributed by atoms with Gasteiger partial charge in [-0.2, -0.15) is 21.6 Å². The molecular formula is C21H16F3NO8S. The summed E-state index contributed by atoms with van der Waals surface area (Å²) in [5.41, 5.74) is -6.03. The molecule has 0 aromatic heterocycles. The minimum atomic E-state index is -6.26. The lowest BCUT2D eigenvalue weighted by molar-refractivity contribution is -0.147. The lowest BCUT2D eigenvalue weighted by Crippen LogP contribution is -2.44. The Morgan fingerprint density at radius 2 is 1.76 bits per heavy atom. The number of carbonyl (C=O) groups excluding carboxylic acids is 3. The standard InChI is InChI=1S/C21H16F3NO8S/c1-2-10-31-12-17(26)32-11-4-5-13-8-9-16-18-14(13)6-3-7-15(18)19(27)25(20(16)28)33-34(29,30)21(22,23)24/h3,6-9H,2,10-12H2,1H3. The summed E-state index contributed by atoms with van der Waals surface area (Å²) in [4.78, 5) is 36.8. The van der Waals surface area contributed by atoms with E-state index in [0.717, 1.165) is 6.42 Å². The van der Waals surface area contributed by atoms with Crippen molar-refractivity contribution in [2.75, 3.05) is 19.8 Å². The third-order valence-electron chi connectivity index (χ3n) is 4.42. The number of amides is 2. The zero-order valence-corrected chi connectivity index (χ0v) is 18.3. The summed E-state index contributed by atoms with van der Waals surface area (Å²) in [5, 5.41) is -0.0654. The summed E-state index contributed by atoms with van der Waals surface area (Å²) >= 11 is 0. The van der Waals surface area contributed by atoms with E-state index in [1.807, 2.05) is 6.92 Å². The van der Waals surface area contributed by atoms with Gasteiger partial charge in [0.25, 0.3) is 11.8 Å². The van der Waals surface area contributed by atoms with E-state index in [1.165, 1.54) is 30.3 Å². The lowest BCUT2D eigenvalue weighted by Gasteiger charge is -2.25. The third kappa shape index (κ3) is 5.04. The molecule has 34 heavy (non-hydrogen) atoms. The number of halogens is 3. The molecule has 9 nitrogen and oxygen atoms in total. The van der Waals surface area contributed by atoms with Gasteiger partial charge in [-0.15, -0.1) is 9.35 Å². The number of esters is 1. The highest BCUT2D eigenvalue weighted by Gasteiger charge is 2.51. The van der Waals surface area contributed by atoms with E-state index in [-0.39, 0.29) is 29.7 Å². The normalized spacial score (nSPS) is 13.6. The van der Waals surface area contributed by atoms with Crippen LogP contribution >= 0.6 is 0 Å². The summed E-state index contributed by atoms with van der Waals surface area (Å²) in [6.45, 7) is 1.81. The average molecular weight is 499 g/mol. The molecule has 0 saturated carbocycles. The first kappa shape index (κ1) is 25.2. The fraction of sp³-hybridized carbons (Fsp3) is 0.286. The van der Waals surface area contributed by atoms with Gasteiger partial charge in [-0.05, 0) is 30.0 Å². The van der Waals surface area contributed by atoms with Crippen LogP contribution in [0.5, 0.6) is 0 Å². The Bertz CT molecular complexity index is 1300. The van der Waals surface area contributed by atoms with Crippen molar-refractivity contribution in [1.82, 2.24) is 5.06 Å². The number of hydroxylamine groups is 2. The Balaban J connectivity index is 1.88. The number of carbonyl (C=O) groups is 3. The fourth-order valence-electron chi connectivity index (χ4n) is 2.98. The summed E-state index contributed by atoms with van der Waals surface area (Å²) in [7, 11) is -6.26. The first-order chi connectivity index (χ1) is 16.0. The van der Waals surface area contributed by atoms with Gasteiger partial charge in [-0.25, -0.2) is 4.79 Å². The van der Waals surface area contributed by atoms with Crippen LogP contribution in [0.15, 0.2) is 30.3 Å². The van der Waals surface area contributed by atoms with Crippen LogP contribution in [-0.2, 0) is 28.7 Å². The number of alkyl halides is 3. The second kappa shape index (κ2) is 9.80. The van der Waals surface area contributed by atoms with Crippen LogP contribution < -0.4 is 0 Å². The van der Waals surface area contributed by atoms with Gasteiger partial charge >= 0.3 is 21.6 Å². The van der Waals surface area contributed by atoms with Crippen molar-refractivity contribution in [1.29, 1.82) is 0 Å². The Kier molecular flexibility index (Phi) is 7.25. The van der Waals surface area contributed by atoms with E-state index in [9.17, 15) is 36.0 Å². The maximum atomic E-state index is 12.7. The van der Waals surface area contributed by atoms with Crippen molar-refractivity contribution in [3.8, 4) is 11.8 Å². The average Bonchev–Trinajstić information content (AvgIpc) is 2.77. The molecule has 0 spiro atoms. The second-order valence-electron chi connectivity index (χ2n) is 6.78. The second-order valence-corrected chi connectivity index (χ2v) is 8.30. The first-order valence-corrected chi connectivity index (χ1v) is 11.1. The van der Waals surface area contributed by atoms with Gasteiger partial charge in [0.1, 0.15) is 6.61 Å². The Labute approximate surface area is 191 Å². The molecule has 2 aromatic rings. The minimum absolute atomic E-state index is 0.0681. The molecule has 0 saturated heterocycles. The van der Waals surface area contributed by atoms with Crippen LogP contribution in [-0.4, -0.2) is 56.6 Å². The highest BCUT2D eigenvalue weighted by Crippen LogP contribution is 2.34. The minimum Gasteiger partial charge on any atom is -0.451 e. The number of hydrogen-bond acceptors (Lipinski definition) is 8. The molecule has 3 rings (SSSR count). The third-order valence-corrected chi connectivity index (χ3v) is 5.34. The first-order valence-electron chi connectivity index (χ1n) is 9.65. The molecule has 1 aliphatic heterocycles. The van der Waals surface area contributed by atoms with Crippen LogP contribution in [0.25, 0.3) is 10.8 Å². The van der Waals surface area contributed by atoms with Gasteiger partial charge in [-0.3, -0.25) is 9.59 Å². The molecule has 2 amide bonds. The molecule has 0 N–H and O–H groups in total. The molecular weight excluding hydrogens is 483 g/mol. The van der Waals surface area contributed by atoms with E-state index in [0.29, 0.717) is 17.6 Å². The Morgan fingerprint density at radius 1 is 1.09 bits per heavy atom. The maximum absolute atomic E-state index is 12.7. The molecule has 13 heteroatoms. The van der Waals surface area contributed by atoms with Crippen LogP contribution in [0.2, 0.25) is 0 Å². The SMILES string of the molecule is CCCOCC(=O)OCC#Cc1ccc2c3c(cccc13)C(=O)N(OS(=O)(=O)C(F)(F)F)C2=O. The topological polar surface area (TPSA) is 116 Å². The summed E-state index contributed by atoms with van der Waals surface area (Å²) in [5.74, 6) is 1.96. The van der Waals surface area contributed by atoms with Crippen LogP contribution in [0, 0.1) is 11.8 Å². The number of ether oxygens (including phenoxy) is 2. The van der Waals surface area contributed by atoms with Gasteiger partial charge in [0.05, 0.1) is 11.1 Å². The Morgan fingerprint density at radius 3 is 2.41 bits per heavy atom. The maximum Gasteiger partial charge on any atom is 0.525 e. The van der Waals surface area contributed by atoms with Gasteiger partial charge in [-0.1, -0.05) is 30.9 Å². The van der Waals surface area contributed by atoms with E-state index in [1.54, 1.807) is 0 Å². The predicted molar refractivity (Wildman–Crippen MR) is 109 cm³/mol. The predicted octanol–water partition coefficient (Wildman–Crippen LogP) is 2.54. The molecule has 0 unspecified atom stereocenters. The molecule has 0 fully saturated rings. The molecule has 0 atom stereocenters. The number of rotatable bonds is 7. The molecule has 0 bridgehead atoms. The van der Waals surface area contributed by atoms with Crippen LogP contribution in [0.3, 0.4) is 0 Å². The van der Waals surface area contributed by atoms with E-state index in [2.05, 4.69) is 16.1 Å². The van der Waals surface area contributed by atoms with Gasteiger partial charge in [0.15, 0.2) is 6.61 Å². The molecule has 0 aliphatic carbocycles. The van der Waals surface area contributed by atoms with Crippen molar-refractivity contribution < 1.29 is 49.7 Å². The van der Waals surface area contributed by atoms with E-state index < -0.39 is 38.5 Å². The summed E-state index contributed by atoms with van der Waals surface area (Å²) < 4.78 is 74.5. The zero-order chi connectivity index (χ0) is 25.1. The molecule has 1 aliphatic rings. The summed E-state index contributed by atoms with van der Waals surface area (Å²) in [6, 6.07) is 6.62. The molecule has 0 radical (unpaired) electrons. The summed E-state index contributed by atoms with van der Waals surface area (Å²) in [6.07, 6.45) is 0.741. The smallest absolute Gasteiger partial charge is 0.451 e. The Hall–Kier alpha value is -3.47. The fourth-order valence-corrected chi connectivity index (χ4v) is 3.40. The molecule has 2 aromatic carbocycles. The molecule has 1 heterocycles. The number of hydrogen-bond donors (Lipinski definition) is 0. The van der Waals surface area contributed by atoms with Crippen LogP contribution in [0.4, 0.5) is 13.2 Å². The van der Waals surface area contributed by atoms with Crippen molar-refractivity contribution in [2.24, 2.45) is 0 Å². The van der Waals surface area contributed by atoms with Gasteiger partial charge in [0.2, 0.25) is 0 Å². The number of benzene rings is 2. The lowest BCUT2D eigenvalue weighted by atomic mass is 9.92. The monoisotopic (exact) mass is 499 g/mol. The largest absolute Gasteiger partial charge is 0.525 e. The highest BCUT2D eigenvalue weighted by atomic mass is 32.2. The number of nitrogens with zero attached hydrogens (tertiary/aromatic N) is 1. The zero-order valence-electron chi connectivity index (χ0n) is 17.5. The highest BCUT2D eigenvalue weighted by molar-refractivity contribution is 7.87. The molecule has 180 valence electrons. The quantitative estimate of drug-likeness (QED) is 0.188. The van der Waals surface area contributed by atoms with E-state index >= 15 is 0 Å².